The predicted molar refractivity (Wildman–Crippen MR) is 162 cm³/mol. The average molecular weight is 597 g/mol. The molecule has 2 N–H and O–H groups in total. The molecular formula is C34H43F3N4O2. The molecule has 2 aliphatic heterocycles. The molecule has 2 bridgehead atoms. The molecule has 232 valence electrons. The van der Waals surface area contributed by atoms with Crippen molar-refractivity contribution in [2.45, 2.75) is 78.6 Å². The Bertz CT molecular complexity index is 1390. The molecule has 3 aromatic rings. The minimum Gasteiger partial charge on any atom is -0.475 e. The maximum atomic E-state index is 13.7. The largest absolute Gasteiger partial charge is 0.475 e. The number of hydrogen-bond donors (Lipinski definition) is 2. The van der Waals surface area contributed by atoms with Gasteiger partial charge in [0.15, 0.2) is 5.78 Å². The summed E-state index contributed by atoms with van der Waals surface area (Å²) in [5.74, 6) is 1.15. The smallest absolute Gasteiger partial charge is 0.416 e. The fraction of sp³-hybridized carbons (Fsp3) is 0.529. The number of ketones is 1. The molecule has 43 heavy (non-hydrogen) atoms. The van der Waals surface area contributed by atoms with E-state index < -0.39 is 17.2 Å². The van der Waals surface area contributed by atoms with Crippen LogP contribution in [0, 0.1) is 25.2 Å². The Kier molecular flexibility index (Phi) is 9.05. The van der Waals surface area contributed by atoms with E-state index >= 15 is 0 Å². The molecule has 2 aliphatic rings. The Morgan fingerprint density at radius 3 is 2.30 bits per heavy atom. The molecule has 0 aliphatic carbocycles. The number of H-pyrrole nitrogens is 1. The summed E-state index contributed by atoms with van der Waals surface area (Å²) in [6.07, 6.45) is -0.858. The Labute approximate surface area is 252 Å². The van der Waals surface area contributed by atoms with E-state index in [2.05, 4.69) is 59.4 Å². The van der Waals surface area contributed by atoms with E-state index in [1.54, 1.807) is 0 Å². The Hall–Kier alpha value is -3.17. The summed E-state index contributed by atoms with van der Waals surface area (Å²) in [5, 5.41) is 11.4. The molecule has 0 saturated carbocycles. The van der Waals surface area contributed by atoms with Crippen LogP contribution in [0.25, 0.3) is 11.3 Å². The first kappa shape index (κ1) is 31.3. The van der Waals surface area contributed by atoms with Gasteiger partial charge < -0.3 is 10.1 Å². The number of fused-ring (bicyclic) bond motifs is 2. The number of aromatic nitrogens is 2. The highest BCUT2D eigenvalue weighted by Gasteiger charge is 2.48. The number of benzene rings is 2. The molecule has 1 aromatic heterocycles. The number of halogens is 3. The first-order valence-corrected chi connectivity index (χ1v) is 15.3. The van der Waals surface area contributed by atoms with Crippen molar-refractivity contribution in [3.8, 4) is 17.1 Å². The van der Waals surface area contributed by atoms with E-state index in [9.17, 15) is 18.0 Å². The first-order chi connectivity index (χ1) is 20.4. The number of Topliss-reactive ketones (excluding diaryl/α,β-unsaturated/α-hetero) is 1. The Balaban J connectivity index is 1.36. The number of nitrogens with zero attached hydrogens (tertiary/aromatic N) is 2. The zero-order valence-corrected chi connectivity index (χ0v) is 25.8. The Morgan fingerprint density at radius 1 is 1.09 bits per heavy atom. The summed E-state index contributed by atoms with van der Waals surface area (Å²) < 4.78 is 45.4. The van der Waals surface area contributed by atoms with E-state index in [4.69, 9.17) is 4.74 Å². The highest BCUT2D eigenvalue weighted by atomic mass is 19.4. The number of aryl methyl sites for hydroxylation is 2. The van der Waals surface area contributed by atoms with Gasteiger partial charge in [0, 0.05) is 11.6 Å². The van der Waals surface area contributed by atoms with E-state index in [0.29, 0.717) is 24.8 Å². The molecular weight excluding hydrogens is 553 g/mol. The van der Waals surface area contributed by atoms with Crippen molar-refractivity contribution in [3.63, 3.8) is 0 Å². The van der Waals surface area contributed by atoms with Crippen LogP contribution in [0.15, 0.2) is 42.5 Å². The van der Waals surface area contributed by atoms with Crippen LogP contribution >= 0.6 is 0 Å². The average Bonchev–Trinajstić information content (AvgIpc) is 3.68. The van der Waals surface area contributed by atoms with Crippen LogP contribution in [-0.4, -0.2) is 53.2 Å². The van der Waals surface area contributed by atoms with Gasteiger partial charge in [0.05, 0.1) is 28.3 Å². The van der Waals surface area contributed by atoms with Crippen LogP contribution < -0.4 is 10.1 Å². The van der Waals surface area contributed by atoms with Crippen LogP contribution in [-0.2, 0) is 17.4 Å². The zero-order chi connectivity index (χ0) is 30.9. The number of aromatic amines is 1. The zero-order valence-electron chi connectivity index (χ0n) is 25.8. The van der Waals surface area contributed by atoms with Crippen molar-refractivity contribution in [3.05, 3.63) is 70.3 Å². The summed E-state index contributed by atoms with van der Waals surface area (Å²) in [7, 11) is 0. The lowest BCUT2D eigenvalue weighted by molar-refractivity contribution is -0.137. The summed E-state index contributed by atoms with van der Waals surface area (Å²) in [6.45, 7) is 12.9. The van der Waals surface area contributed by atoms with Gasteiger partial charge in [0.25, 0.3) is 0 Å². The third-order valence-electron chi connectivity index (χ3n) is 9.04. The third-order valence-corrected chi connectivity index (χ3v) is 9.04. The van der Waals surface area contributed by atoms with E-state index in [-0.39, 0.29) is 24.5 Å². The molecule has 2 saturated heterocycles. The monoisotopic (exact) mass is 596 g/mol. The molecule has 2 fully saturated rings. The van der Waals surface area contributed by atoms with Crippen LogP contribution in [0.3, 0.4) is 0 Å². The number of nitrogens with one attached hydrogen (secondary N) is 2. The third kappa shape index (κ3) is 6.83. The van der Waals surface area contributed by atoms with E-state index in [1.807, 2.05) is 13.8 Å². The van der Waals surface area contributed by atoms with Crippen LogP contribution in [0.5, 0.6) is 5.88 Å². The molecule has 0 spiro atoms. The molecule has 5 rings (SSSR count). The summed E-state index contributed by atoms with van der Waals surface area (Å²) >= 11 is 0. The number of ether oxygens (including phenoxy) is 1. The molecule has 0 amide bonds. The topological polar surface area (TPSA) is 70.2 Å². The fourth-order valence-electron chi connectivity index (χ4n) is 6.72. The molecule has 3 heterocycles. The van der Waals surface area contributed by atoms with Crippen LogP contribution in [0.2, 0.25) is 0 Å². The summed E-state index contributed by atoms with van der Waals surface area (Å²) in [4.78, 5) is 16.0. The molecule has 6 nitrogen and oxygen atoms in total. The van der Waals surface area contributed by atoms with Gasteiger partial charge in [-0.25, -0.2) is 0 Å². The minimum atomic E-state index is -4.35. The molecule has 2 atom stereocenters. The number of hydrogen-bond acceptors (Lipinski definition) is 5. The number of carbonyl (C=O) groups excluding carboxylic acids is 1. The number of rotatable bonds is 12. The second kappa shape index (κ2) is 12.4. The van der Waals surface area contributed by atoms with Crippen LogP contribution in [0.4, 0.5) is 13.2 Å². The van der Waals surface area contributed by atoms with Gasteiger partial charge in [0.2, 0.25) is 5.88 Å². The summed E-state index contributed by atoms with van der Waals surface area (Å²) in [5.41, 5.74) is 4.53. The maximum absolute atomic E-state index is 13.7. The van der Waals surface area contributed by atoms with Gasteiger partial charge >= 0.3 is 6.18 Å². The Morgan fingerprint density at radius 2 is 1.74 bits per heavy atom. The van der Waals surface area contributed by atoms with Gasteiger partial charge in [-0.15, -0.1) is 5.10 Å². The van der Waals surface area contributed by atoms with Gasteiger partial charge in [-0.05, 0) is 109 Å². The van der Waals surface area contributed by atoms with Crippen molar-refractivity contribution in [1.29, 1.82) is 0 Å². The van der Waals surface area contributed by atoms with Crippen molar-refractivity contribution in [2.75, 3.05) is 26.2 Å². The lowest BCUT2D eigenvalue weighted by Gasteiger charge is -2.29. The van der Waals surface area contributed by atoms with Gasteiger partial charge in [0.1, 0.15) is 6.61 Å². The number of alkyl halides is 3. The van der Waals surface area contributed by atoms with Crippen LogP contribution in [0.1, 0.15) is 73.9 Å². The number of piperidine rings is 1. The van der Waals surface area contributed by atoms with Gasteiger partial charge in [-0.3, -0.25) is 14.8 Å². The van der Waals surface area contributed by atoms with Gasteiger partial charge in [-0.1, -0.05) is 36.2 Å². The fourth-order valence-corrected chi connectivity index (χ4v) is 6.72. The molecule has 0 unspecified atom stereocenters. The quantitative estimate of drug-likeness (QED) is 0.234. The van der Waals surface area contributed by atoms with Crippen molar-refractivity contribution in [2.24, 2.45) is 11.3 Å². The van der Waals surface area contributed by atoms with Crippen molar-refractivity contribution >= 4 is 5.78 Å². The lowest BCUT2D eigenvalue weighted by atomic mass is 9.81. The second-order valence-corrected chi connectivity index (χ2v) is 12.9. The van der Waals surface area contributed by atoms with Crippen molar-refractivity contribution < 1.29 is 22.7 Å². The van der Waals surface area contributed by atoms with E-state index in [1.165, 1.54) is 12.1 Å². The standard InChI is InChI=1S/C34H43F3N4O2/c1-6-27(38-14-11-23-7-9-26(10-8-23)34(35,36)37)28-29(25-18-21(2)17-22(3)19-25)39-40-32(28)43-20-33(4,5)31(42)30-24-12-15-41(30)16-13-24/h7-10,17-19,24,27,30,38H,6,11-16,20H2,1-5H3,(H,39,40)/t27-,30-/m0/s1. The lowest BCUT2D eigenvalue weighted by Crippen LogP contribution is -2.44. The normalized spacial score (nSPS) is 20.9. The molecule has 2 aromatic carbocycles. The molecule has 9 heteroatoms. The van der Waals surface area contributed by atoms with Crippen molar-refractivity contribution in [1.82, 2.24) is 20.4 Å². The predicted octanol–water partition coefficient (Wildman–Crippen LogP) is 7.06. The van der Waals surface area contributed by atoms with Gasteiger partial charge in [-0.2, -0.15) is 13.2 Å². The SMILES string of the molecule is CC[C@H](NCCc1ccc(C(F)(F)F)cc1)c1c(OCC(C)(C)C(=O)[C@@H]2C3CCN2CC3)n[nH]c1-c1cc(C)cc(C)c1. The minimum absolute atomic E-state index is 0.0154. The maximum Gasteiger partial charge on any atom is 0.416 e. The first-order valence-electron chi connectivity index (χ1n) is 15.3. The van der Waals surface area contributed by atoms with E-state index in [0.717, 1.165) is 78.0 Å². The second-order valence-electron chi connectivity index (χ2n) is 12.9. The highest BCUT2D eigenvalue weighted by Crippen LogP contribution is 2.40. The summed E-state index contributed by atoms with van der Waals surface area (Å²) in [6, 6.07) is 11.5. The highest BCUT2D eigenvalue weighted by molar-refractivity contribution is 5.90. The molecule has 0 radical (unpaired) electrons. The number of carbonyl (C=O) groups is 1.